The number of carboxylic acid groups (broad SMARTS) is 1. The Morgan fingerprint density at radius 2 is 1.82 bits per heavy atom. The molecule has 1 aliphatic rings. The molecule has 1 aliphatic heterocycles. The number of anilines is 2. The smallest absolute Gasteiger partial charge is 0.308 e. The number of benzene rings is 2. The van der Waals surface area contributed by atoms with E-state index in [9.17, 15) is 14.7 Å². The van der Waals surface area contributed by atoms with Crippen LogP contribution in [-0.4, -0.2) is 46.6 Å². The lowest BCUT2D eigenvalue weighted by atomic mass is 9.84. The average molecular weight is 539 g/mol. The van der Waals surface area contributed by atoms with Crippen LogP contribution in [0.3, 0.4) is 0 Å². The summed E-state index contributed by atoms with van der Waals surface area (Å²) >= 11 is 0. The topological polar surface area (TPSA) is 114 Å². The predicted molar refractivity (Wildman–Crippen MR) is 151 cm³/mol. The number of aromatic nitrogens is 2. The van der Waals surface area contributed by atoms with E-state index in [0.717, 1.165) is 25.2 Å². The minimum atomic E-state index is -1.33. The van der Waals surface area contributed by atoms with E-state index in [1.54, 1.807) is 53.8 Å². The second kappa shape index (κ2) is 12.3. The van der Waals surface area contributed by atoms with Gasteiger partial charge in [-0.15, -0.1) is 0 Å². The summed E-state index contributed by atoms with van der Waals surface area (Å²) in [6.07, 6.45) is 6.32. The lowest BCUT2D eigenvalue weighted by molar-refractivity contribution is -0.140. The SMILES string of the molecule is O=C(O)CC(Oc1ccc2c(c1)OCC(=O)N2CCCCNc1ccccn1)(c1ccccc1)c1cccnc1. The summed E-state index contributed by atoms with van der Waals surface area (Å²) in [6.45, 7) is 1.21. The summed E-state index contributed by atoms with van der Waals surface area (Å²) in [7, 11) is 0. The lowest BCUT2D eigenvalue weighted by Crippen LogP contribution is -2.40. The van der Waals surface area contributed by atoms with Crippen molar-refractivity contribution in [2.24, 2.45) is 0 Å². The number of carbonyl (C=O) groups is 2. The van der Waals surface area contributed by atoms with Crippen LogP contribution in [0.5, 0.6) is 11.5 Å². The molecule has 2 N–H and O–H groups in total. The van der Waals surface area contributed by atoms with E-state index in [1.807, 2.05) is 48.5 Å². The minimum Gasteiger partial charge on any atom is -0.481 e. The summed E-state index contributed by atoms with van der Waals surface area (Å²) in [5.74, 6) is 0.618. The molecule has 1 amide bonds. The van der Waals surface area contributed by atoms with Gasteiger partial charge in [-0.3, -0.25) is 14.6 Å². The first-order chi connectivity index (χ1) is 19.5. The van der Waals surface area contributed by atoms with E-state index >= 15 is 0 Å². The molecule has 1 atom stereocenters. The van der Waals surface area contributed by atoms with Crippen LogP contribution in [0.4, 0.5) is 11.5 Å². The van der Waals surface area contributed by atoms with Gasteiger partial charge in [-0.1, -0.05) is 42.5 Å². The number of ether oxygens (including phenoxy) is 2. The highest BCUT2D eigenvalue weighted by Gasteiger charge is 2.40. The van der Waals surface area contributed by atoms with Crippen molar-refractivity contribution in [3.05, 3.63) is 109 Å². The molecule has 2 aromatic carbocycles. The van der Waals surface area contributed by atoms with Crippen molar-refractivity contribution in [1.29, 1.82) is 0 Å². The maximum absolute atomic E-state index is 12.7. The highest BCUT2D eigenvalue weighted by molar-refractivity contribution is 5.97. The molecule has 3 heterocycles. The first kappa shape index (κ1) is 26.7. The highest BCUT2D eigenvalue weighted by atomic mass is 16.5. The van der Waals surface area contributed by atoms with Crippen molar-refractivity contribution >= 4 is 23.4 Å². The normalized spacial score (nSPS) is 14.0. The number of hydrogen-bond donors (Lipinski definition) is 2. The Hall–Kier alpha value is -4.92. The van der Waals surface area contributed by atoms with Crippen molar-refractivity contribution in [3.63, 3.8) is 0 Å². The Morgan fingerprint density at radius 1 is 1.00 bits per heavy atom. The summed E-state index contributed by atoms with van der Waals surface area (Å²) in [5.41, 5.74) is 0.616. The molecule has 9 heteroatoms. The van der Waals surface area contributed by atoms with E-state index < -0.39 is 11.6 Å². The van der Waals surface area contributed by atoms with Gasteiger partial charge >= 0.3 is 5.97 Å². The van der Waals surface area contributed by atoms with Gasteiger partial charge in [-0.2, -0.15) is 0 Å². The number of hydrogen-bond acceptors (Lipinski definition) is 7. The number of nitrogens with one attached hydrogen (secondary N) is 1. The highest BCUT2D eigenvalue weighted by Crippen LogP contribution is 2.41. The van der Waals surface area contributed by atoms with E-state index in [2.05, 4.69) is 15.3 Å². The van der Waals surface area contributed by atoms with Gasteiger partial charge in [-0.05, 0) is 43.2 Å². The van der Waals surface area contributed by atoms with Crippen LogP contribution in [-0.2, 0) is 15.2 Å². The second-order valence-electron chi connectivity index (χ2n) is 9.42. The standard InChI is InChI=1S/C31H30N4O5/c36-29-22-39-27-19-25(13-14-26(27)35(29)18-7-6-17-34-28-12-4-5-16-33-28)40-31(20-30(37)38,23-9-2-1-3-10-23)24-11-8-15-32-21-24/h1-5,8-16,19,21H,6-7,17-18,20,22H2,(H,33,34)(H,37,38). The third-order valence-electron chi connectivity index (χ3n) is 6.71. The van der Waals surface area contributed by atoms with Crippen LogP contribution in [0.2, 0.25) is 0 Å². The van der Waals surface area contributed by atoms with Gasteiger partial charge in [0.2, 0.25) is 0 Å². The van der Waals surface area contributed by atoms with E-state index in [4.69, 9.17) is 9.47 Å². The third-order valence-corrected chi connectivity index (χ3v) is 6.71. The molecule has 40 heavy (non-hydrogen) atoms. The number of unbranched alkanes of at least 4 members (excludes halogenated alkanes) is 1. The van der Waals surface area contributed by atoms with Gasteiger partial charge < -0.3 is 24.8 Å². The van der Waals surface area contributed by atoms with Gasteiger partial charge in [0.1, 0.15) is 17.3 Å². The number of aliphatic carboxylic acids is 1. The minimum absolute atomic E-state index is 0.0792. The molecule has 204 valence electrons. The molecule has 5 rings (SSSR count). The Kier molecular flexibility index (Phi) is 8.20. The maximum Gasteiger partial charge on any atom is 0.308 e. The molecule has 0 spiro atoms. The Balaban J connectivity index is 1.36. The average Bonchev–Trinajstić information content (AvgIpc) is 2.99. The van der Waals surface area contributed by atoms with Crippen LogP contribution in [0.15, 0.2) is 97.5 Å². The van der Waals surface area contributed by atoms with Crippen molar-refractivity contribution in [2.75, 3.05) is 29.9 Å². The lowest BCUT2D eigenvalue weighted by Gasteiger charge is -2.35. The maximum atomic E-state index is 12.7. The molecular weight excluding hydrogens is 508 g/mol. The van der Waals surface area contributed by atoms with Crippen LogP contribution < -0.4 is 19.7 Å². The number of pyridine rings is 2. The Bertz CT molecular complexity index is 1390. The quantitative estimate of drug-likeness (QED) is 0.245. The fourth-order valence-corrected chi connectivity index (χ4v) is 4.82. The van der Waals surface area contributed by atoms with E-state index in [1.165, 1.54) is 0 Å². The summed E-state index contributed by atoms with van der Waals surface area (Å²) in [5, 5.41) is 13.2. The van der Waals surface area contributed by atoms with Crippen molar-refractivity contribution in [2.45, 2.75) is 24.9 Å². The number of rotatable bonds is 12. The summed E-state index contributed by atoms with van der Waals surface area (Å²) in [4.78, 5) is 35.0. The fourth-order valence-electron chi connectivity index (χ4n) is 4.82. The zero-order valence-corrected chi connectivity index (χ0v) is 21.9. The van der Waals surface area contributed by atoms with Gasteiger partial charge in [0.25, 0.3) is 5.91 Å². The number of carbonyl (C=O) groups excluding carboxylic acids is 1. The monoisotopic (exact) mass is 538 g/mol. The predicted octanol–water partition coefficient (Wildman–Crippen LogP) is 4.89. The van der Waals surface area contributed by atoms with Crippen LogP contribution in [0, 0.1) is 0 Å². The molecule has 0 saturated carbocycles. The van der Waals surface area contributed by atoms with Crippen molar-refractivity contribution in [1.82, 2.24) is 9.97 Å². The van der Waals surface area contributed by atoms with Gasteiger partial charge in [0, 0.05) is 48.9 Å². The molecule has 0 bridgehead atoms. The molecule has 4 aromatic rings. The summed E-state index contributed by atoms with van der Waals surface area (Å²) in [6, 6.07) is 23.8. The fraction of sp³-hybridized carbons (Fsp3) is 0.226. The molecule has 0 radical (unpaired) electrons. The summed E-state index contributed by atoms with van der Waals surface area (Å²) < 4.78 is 12.3. The first-order valence-corrected chi connectivity index (χ1v) is 13.1. The number of nitrogens with zero attached hydrogens (tertiary/aromatic N) is 3. The molecular formula is C31H30N4O5. The van der Waals surface area contributed by atoms with Crippen molar-refractivity contribution < 1.29 is 24.2 Å². The molecule has 9 nitrogen and oxygen atoms in total. The molecule has 0 aliphatic carbocycles. The molecule has 1 unspecified atom stereocenters. The second-order valence-corrected chi connectivity index (χ2v) is 9.42. The van der Waals surface area contributed by atoms with Gasteiger partial charge in [0.05, 0.1) is 12.1 Å². The Morgan fingerprint density at radius 3 is 2.58 bits per heavy atom. The first-order valence-electron chi connectivity index (χ1n) is 13.1. The number of amides is 1. The van der Waals surface area contributed by atoms with Crippen LogP contribution >= 0.6 is 0 Å². The zero-order valence-electron chi connectivity index (χ0n) is 21.9. The Labute approximate surface area is 232 Å². The zero-order chi connectivity index (χ0) is 27.8. The largest absolute Gasteiger partial charge is 0.481 e. The van der Waals surface area contributed by atoms with Crippen LogP contribution in [0.25, 0.3) is 0 Å². The molecule has 0 fully saturated rings. The van der Waals surface area contributed by atoms with Crippen LogP contribution in [0.1, 0.15) is 30.4 Å². The van der Waals surface area contributed by atoms with Crippen molar-refractivity contribution in [3.8, 4) is 11.5 Å². The third kappa shape index (κ3) is 6.04. The van der Waals surface area contributed by atoms with E-state index in [0.29, 0.717) is 34.9 Å². The van der Waals surface area contributed by atoms with Gasteiger partial charge in [-0.25, -0.2) is 4.98 Å². The molecule has 2 aromatic heterocycles. The number of fused-ring (bicyclic) bond motifs is 1. The molecule has 0 saturated heterocycles. The van der Waals surface area contributed by atoms with E-state index in [-0.39, 0.29) is 18.9 Å². The van der Waals surface area contributed by atoms with Gasteiger partial charge in [0.15, 0.2) is 12.2 Å². The number of carboxylic acids is 1.